The second-order valence-corrected chi connectivity index (χ2v) is 6.75. The van der Waals surface area contributed by atoms with Crippen LogP contribution in [0.1, 0.15) is 16.8 Å². The topological polar surface area (TPSA) is 70.6 Å². The smallest absolute Gasteiger partial charge is 0.254 e. The molecular weight excluding hydrogens is 354 g/mol. The molecule has 0 spiro atoms. The molecule has 138 valence electrons. The van der Waals surface area contributed by atoms with Crippen molar-refractivity contribution in [1.29, 1.82) is 0 Å². The number of rotatable bonds is 5. The number of halogens is 1. The largest absolute Gasteiger partial charge is 0.495 e. The van der Waals surface area contributed by atoms with Crippen LogP contribution >= 0.6 is 11.6 Å². The average Bonchev–Trinajstić information content (AvgIpc) is 3.14. The van der Waals surface area contributed by atoms with Gasteiger partial charge in [-0.1, -0.05) is 11.6 Å². The minimum Gasteiger partial charge on any atom is -0.495 e. The first kappa shape index (κ1) is 18.4. The molecule has 7 nitrogen and oxygen atoms in total. The van der Waals surface area contributed by atoms with Crippen LogP contribution in [0.25, 0.3) is 0 Å². The van der Waals surface area contributed by atoms with E-state index in [9.17, 15) is 4.79 Å². The van der Waals surface area contributed by atoms with E-state index < -0.39 is 0 Å². The summed E-state index contributed by atoms with van der Waals surface area (Å²) in [6.07, 6.45) is 4.05. The van der Waals surface area contributed by atoms with Crippen molar-refractivity contribution in [2.75, 3.05) is 39.6 Å². The van der Waals surface area contributed by atoms with Gasteiger partial charge in [-0.05, 0) is 38.7 Å². The van der Waals surface area contributed by atoms with E-state index >= 15 is 0 Å². The van der Waals surface area contributed by atoms with Crippen LogP contribution in [-0.2, 0) is 0 Å². The van der Waals surface area contributed by atoms with Crippen LogP contribution in [0.4, 0.5) is 11.5 Å². The van der Waals surface area contributed by atoms with E-state index in [1.54, 1.807) is 31.5 Å². The summed E-state index contributed by atoms with van der Waals surface area (Å²) < 4.78 is 5.44. The zero-order valence-electron chi connectivity index (χ0n) is 15.1. The zero-order valence-corrected chi connectivity index (χ0v) is 15.8. The third-order valence-corrected chi connectivity index (χ3v) is 4.81. The number of carbonyl (C=O) groups excluding carboxylic acids is 1. The highest BCUT2D eigenvalue weighted by atomic mass is 35.5. The number of amides is 1. The van der Waals surface area contributed by atoms with Crippen molar-refractivity contribution in [3.05, 3.63) is 41.3 Å². The van der Waals surface area contributed by atoms with Crippen LogP contribution in [0.2, 0.25) is 5.15 Å². The maximum absolute atomic E-state index is 12.8. The van der Waals surface area contributed by atoms with Gasteiger partial charge in [0.15, 0.2) is 11.0 Å². The Balaban J connectivity index is 1.78. The Hall–Kier alpha value is -2.38. The predicted molar refractivity (Wildman–Crippen MR) is 101 cm³/mol. The molecule has 3 rings (SSSR count). The van der Waals surface area contributed by atoms with Gasteiger partial charge in [-0.2, -0.15) is 0 Å². The summed E-state index contributed by atoms with van der Waals surface area (Å²) in [5.74, 6) is 0.984. The highest BCUT2D eigenvalue weighted by molar-refractivity contribution is 6.31. The number of nitrogens with one attached hydrogen (secondary N) is 1. The number of carbonyl (C=O) groups is 1. The van der Waals surface area contributed by atoms with E-state index in [1.165, 1.54) is 6.20 Å². The Labute approximate surface area is 157 Å². The number of anilines is 2. The summed E-state index contributed by atoms with van der Waals surface area (Å²) >= 11 is 6.03. The van der Waals surface area contributed by atoms with Crippen molar-refractivity contribution < 1.29 is 9.53 Å². The SMILES string of the molecule is COc1cc(C(=O)N2CC[C@@H](N(C)C)C2)ccc1Nc1nccnc1Cl. The monoisotopic (exact) mass is 375 g/mol. The number of hydrogen-bond acceptors (Lipinski definition) is 6. The average molecular weight is 376 g/mol. The standard InChI is InChI=1S/C18H22ClN5O2/c1-23(2)13-6-9-24(11-13)18(25)12-4-5-14(15(10-12)26-3)22-17-16(19)20-7-8-21-17/h4-5,7-8,10,13H,6,9,11H2,1-3H3,(H,21,22)/t13-/m1/s1. The number of aromatic nitrogens is 2. The van der Waals surface area contributed by atoms with E-state index in [1.807, 2.05) is 19.0 Å². The third kappa shape index (κ3) is 3.89. The maximum Gasteiger partial charge on any atom is 0.254 e. The van der Waals surface area contributed by atoms with Crippen LogP contribution in [0.15, 0.2) is 30.6 Å². The number of hydrogen-bond donors (Lipinski definition) is 1. The maximum atomic E-state index is 12.8. The van der Waals surface area contributed by atoms with Crippen molar-refractivity contribution in [3.63, 3.8) is 0 Å². The van der Waals surface area contributed by atoms with Gasteiger partial charge in [0.2, 0.25) is 0 Å². The number of benzene rings is 1. The van der Waals surface area contributed by atoms with Crippen LogP contribution in [0.3, 0.4) is 0 Å². The molecule has 0 bridgehead atoms. The molecule has 0 saturated carbocycles. The zero-order chi connectivity index (χ0) is 18.7. The molecule has 8 heteroatoms. The van der Waals surface area contributed by atoms with E-state index in [0.29, 0.717) is 28.9 Å². The van der Waals surface area contributed by atoms with Gasteiger partial charge < -0.3 is 19.9 Å². The van der Waals surface area contributed by atoms with E-state index in [4.69, 9.17) is 16.3 Å². The van der Waals surface area contributed by atoms with Crippen molar-refractivity contribution in [1.82, 2.24) is 19.8 Å². The Morgan fingerprint density at radius 1 is 1.35 bits per heavy atom. The Morgan fingerprint density at radius 2 is 2.12 bits per heavy atom. The molecule has 1 atom stereocenters. The molecule has 2 heterocycles. The minimum atomic E-state index is 0.0109. The molecule has 1 aromatic carbocycles. The van der Waals surface area contributed by atoms with E-state index in [-0.39, 0.29) is 11.1 Å². The van der Waals surface area contributed by atoms with Gasteiger partial charge in [0, 0.05) is 37.1 Å². The molecule has 1 aliphatic rings. The second kappa shape index (κ2) is 7.88. The molecule has 1 fully saturated rings. The summed E-state index contributed by atoms with van der Waals surface area (Å²) in [5, 5.41) is 3.35. The van der Waals surface area contributed by atoms with Crippen LogP contribution < -0.4 is 10.1 Å². The number of ether oxygens (including phenoxy) is 1. The summed E-state index contributed by atoms with van der Waals surface area (Å²) in [4.78, 5) is 25.0. The minimum absolute atomic E-state index is 0.0109. The van der Waals surface area contributed by atoms with Crippen molar-refractivity contribution in [2.45, 2.75) is 12.5 Å². The van der Waals surface area contributed by atoms with Gasteiger partial charge in [0.05, 0.1) is 12.8 Å². The predicted octanol–water partition coefficient (Wildman–Crippen LogP) is 2.66. The fourth-order valence-corrected chi connectivity index (χ4v) is 3.14. The quantitative estimate of drug-likeness (QED) is 0.866. The molecule has 1 saturated heterocycles. The lowest BCUT2D eigenvalue weighted by atomic mass is 10.1. The Morgan fingerprint density at radius 3 is 2.77 bits per heavy atom. The second-order valence-electron chi connectivity index (χ2n) is 6.39. The normalized spacial score (nSPS) is 16.8. The first-order chi connectivity index (χ1) is 12.5. The van der Waals surface area contributed by atoms with Crippen molar-refractivity contribution in [2.24, 2.45) is 0 Å². The molecule has 1 amide bonds. The first-order valence-electron chi connectivity index (χ1n) is 8.37. The molecule has 0 aliphatic carbocycles. The summed E-state index contributed by atoms with van der Waals surface area (Å²) in [6.45, 7) is 1.50. The number of likely N-dealkylation sites (N-methyl/N-ethyl adjacent to an activating group) is 1. The summed E-state index contributed by atoms with van der Waals surface area (Å²) in [6, 6.07) is 5.70. The van der Waals surface area contributed by atoms with Gasteiger partial charge in [-0.15, -0.1) is 0 Å². The highest BCUT2D eigenvalue weighted by Crippen LogP contribution is 2.30. The fraction of sp³-hybridized carbons (Fsp3) is 0.389. The van der Waals surface area contributed by atoms with E-state index in [2.05, 4.69) is 20.2 Å². The van der Waals surface area contributed by atoms with Crippen LogP contribution in [-0.4, -0.2) is 66.0 Å². The van der Waals surface area contributed by atoms with Gasteiger partial charge in [0.1, 0.15) is 5.75 Å². The number of likely N-dealkylation sites (tertiary alicyclic amines) is 1. The molecule has 1 N–H and O–H groups in total. The number of nitrogens with zero attached hydrogens (tertiary/aromatic N) is 4. The first-order valence-corrected chi connectivity index (χ1v) is 8.74. The van der Waals surface area contributed by atoms with Crippen molar-refractivity contribution >= 4 is 29.0 Å². The summed E-state index contributed by atoms with van der Waals surface area (Å²) in [5.41, 5.74) is 1.26. The fourth-order valence-electron chi connectivity index (χ4n) is 2.99. The highest BCUT2D eigenvalue weighted by Gasteiger charge is 2.28. The van der Waals surface area contributed by atoms with Gasteiger partial charge in [-0.3, -0.25) is 4.79 Å². The molecular formula is C18H22ClN5O2. The third-order valence-electron chi connectivity index (χ3n) is 4.54. The van der Waals surface area contributed by atoms with Gasteiger partial charge >= 0.3 is 0 Å². The molecule has 1 aromatic heterocycles. The Kier molecular flexibility index (Phi) is 5.58. The van der Waals surface area contributed by atoms with E-state index in [0.717, 1.165) is 19.5 Å². The van der Waals surface area contributed by atoms with Crippen molar-refractivity contribution in [3.8, 4) is 5.75 Å². The molecule has 1 aliphatic heterocycles. The number of methoxy groups -OCH3 is 1. The summed E-state index contributed by atoms with van der Waals surface area (Å²) in [7, 11) is 5.64. The molecule has 2 aromatic rings. The molecule has 0 radical (unpaired) electrons. The lowest BCUT2D eigenvalue weighted by Gasteiger charge is -2.21. The van der Waals surface area contributed by atoms with Crippen LogP contribution in [0.5, 0.6) is 5.75 Å². The Bertz CT molecular complexity index is 799. The lowest BCUT2D eigenvalue weighted by molar-refractivity contribution is 0.0782. The molecule has 0 unspecified atom stereocenters. The van der Waals surface area contributed by atoms with Gasteiger partial charge in [0.25, 0.3) is 5.91 Å². The van der Waals surface area contributed by atoms with Gasteiger partial charge in [-0.25, -0.2) is 9.97 Å². The molecule has 26 heavy (non-hydrogen) atoms. The lowest BCUT2D eigenvalue weighted by Crippen LogP contribution is -2.34. The van der Waals surface area contributed by atoms with Crippen LogP contribution in [0, 0.1) is 0 Å².